The van der Waals surface area contributed by atoms with Gasteiger partial charge in [0.25, 0.3) is 0 Å². The summed E-state index contributed by atoms with van der Waals surface area (Å²) in [5.74, 6) is 0. The zero-order valence-corrected chi connectivity index (χ0v) is 10.8. The number of pyridine rings is 1. The van der Waals surface area contributed by atoms with Gasteiger partial charge in [0.1, 0.15) is 0 Å². The van der Waals surface area contributed by atoms with E-state index in [2.05, 4.69) is 31.2 Å². The smallest absolute Gasteiger partial charge is 0.317 e. The highest BCUT2D eigenvalue weighted by molar-refractivity contribution is 9.10. The summed E-state index contributed by atoms with van der Waals surface area (Å²) in [6.45, 7) is 1.93. The highest BCUT2D eigenvalue weighted by atomic mass is 79.9. The number of imidazole rings is 1. The summed E-state index contributed by atoms with van der Waals surface area (Å²) in [4.78, 5) is 19.0. The van der Waals surface area contributed by atoms with Crippen LogP contribution in [0.5, 0.6) is 0 Å². The molecule has 0 atom stereocenters. The van der Waals surface area contributed by atoms with Gasteiger partial charge in [0.05, 0.1) is 5.52 Å². The van der Waals surface area contributed by atoms with Crippen LogP contribution in [-0.2, 0) is 0 Å². The Balaban J connectivity index is 2.16. The molecule has 2 aromatic heterocycles. The second-order valence-electron chi connectivity index (χ2n) is 4.30. The third-order valence-corrected chi connectivity index (χ3v) is 3.65. The molecule has 1 saturated heterocycles. The van der Waals surface area contributed by atoms with E-state index in [1.54, 1.807) is 6.20 Å². The van der Waals surface area contributed by atoms with E-state index in [-0.39, 0.29) is 11.7 Å². The molecular weight excluding hydrogens is 284 g/mol. The monoisotopic (exact) mass is 296 g/mol. The van der Waals surface area contributed by atoms with E-state index < -0.39 is 0 Å². The fourth-order valence-electron chi connectivity index (χ4n) is 2.41. The Kier molecular flexibility index (Phi) is 2.76. The predicted molar refractivity (Wildman–Crippen MR) is 69.2 cm³/mol. The Morgan fingerprint density at radius 2 is 2.18 bits per heavy atom. The zero-order valence-electron chi connectivity index (χ0n) is 9.24. The number of H-pyrrole nitrogens is 1. The Morgan fingerprint density at radius 1 is 1.41 bits per heavy atom. The van der Waals surface area contributed by atoms with E-state index in [4.69, 9.17) is 0 Å². The van der Waals surface area contributed by atoms with Crippen molar-refractivity contribution in [3.05, 3.63) is 27.2 Å². The van der Waals surface area contributed by atoms with Gasteiger partial charge in [0.2, 0.25) is 0 Å². The van der Waals surface area contributed by atoms with Crippen LogP contribution in [0.3, 0.4) is 0 Å². The highest BCUT2D eigenvalue weighted by Gasteiger charge is 2.19. The van der Waals surface area contributed by atoms with Crippen molar-refractivity contribution in [3.63, 3.8) is 0 Å². The molecule has 0 spiro atoms. The molecule has 0 aromatic carbocycles. The molecule has 0 unspecified atom stereocenters. The first-order valence-corrected chi connectivity index (χ1v) is 6.51. The second-order valence-corrected chi connectivity index (χ2v) is 5.22. The molecule has 2 aromatic rings. The maximum absolute atomic E-state index is 12.0. The number of hydrogen-bond donors (Lipinski definition) is 2. The fourth-order valence-corrected chi connectivity index (χ4v) is 2.73. The quantitative estimate of drug-likeness (QED) is 0.836. The van der Waals surface area contributed by atoms with Crippen molar-refractivity contribution >= 4 is 27.1 Å². The number of fused-ring (bicyclic) bond motifs is 1. The van der Waals surface area contributed by atoms with Gasteiger partial charge in [0, 0.05) is 16.7 Å². The molecule has 1 aliphatic heterocycles. The Hall–Kier alpha value is -1.14. The lowest BCUT2D eigenvalue weighted by molar-refractivity contribution is 0.368. The largest absolute Gasteiger partial charge is 0.327 e. The normalized spacial score (nSPS) is 17.7. The first-order valence-electron chi connectivity index (χ1n) is 5.72. The molecule has 1 aliphatic rings. The van der Waals surface area contributed by atoms with E-state index >= 15 is 0 Å². The molecule has 2 N–H and O–H groups in total. The van der Waals surface area contributed by atoms with E-state index in [1.165, 1.54) is 0 Å². The SMILES string of the molecule is O=c1[nH]c2ncc(Br)cc2n1C1CCNCC1. The summed E-state index contributed by atoms with van der Waals surface area (Å²) in [5, 5.41) is 3.31. The van der Waals surface area contributed by atoms with Crippen molar-refractivity contribution in [2.24, 2.45) is 0 Å². The molecule has 0 amide bonds. The van der Waals surface area contributed by atoms with Gasteiger partial charge in [-0.25, -0.2) is 9.78 Å². The average molecular weight is 297 g/mol. The van der Waals surface area contributed by atoms with Gasteiger partial charge in [-0.05, 0) is 47.9 Å². The van der Waals surface area contributed by atoms with Crippen molar-refractivity contribution in [2.75, 3.05) is 13.1 Å². The summed E-state index contributed by atoms with van der Waals surface area (Å²) in [7, 11) is 0. The van der Waals surface area contributed by atoms with Gasteiger partial charge in [-0.15, -0.1) is 0 Å². The van der Waals surface area contributed by atoms with Gasteiger partial charge in [-0.3, -0.25) is 9.55 Å². The first kappa shape index (κ1) is 11.0. The van der Waals surface area contributed by atoms with Crippen LogP contribution in [-0.4, -0.2) is 27.6 Å². The molecule has 0 saturated carbocycles. The van der Waals surface area contributed by atoms with Crippen LogP contribution < -0.4 is 11.0 Å². The molecule has 0 radical (unpaired) electrons. The van der Waals surface area contributed by atoms with Gasteiger partial charge in [-0.1, -0.05) is 0 Å². The van der Waals surface area contributed by atoms with Gasteiger partial charge < -0.3 is 5.32 Å². The molecule has 90 valence electrons. The molecule has 6 heteroatoms. The number of hydrogen-bond acceptors (Lipinski definition) is 3. The topological polar surface area (TPSA) is 62.7 Å². The van der Waals surface area contributed by atoms with Crippen LogP contribution in [0.1, 0.15) is 18.9 Å². The number of aromatic amines is 1. The molecule has 17 heavy (non-hydrogen) atoms. The molecule has 1 fully saturated rings. The van der Waals surface area contributed by atoms with Crippen molar-refractivity contribution < 1.29 is 0 Å². The summed E-state index contributed by atoms with van der Waals surface area (Å²) in [5.41, 5.74) is 1.49. The van der Waals surface area contributed by atoms with Gasteiger partial charge in [-0.2, -0.15) is 0 Å². The predicted octanol–water partition coefficient (Wildman–Crippen LogP) is 1.41. The van der Waals surface area contributed by atoms with Gasteiger partial charge in [0.15, 0.2) is 5.65 Å². The summed E-state index contributed by atoms with van der Waals surface area (Å²) < 4.78 is 2.74. The molecule has 3 rings (SSSR count). The second kappa shape index (κ2) is 4.27. The minimum atomic E-state index is -0.0579. The van der Waals surface area contributed by atoms with Gasteiger partial charge >= 0.3 is 5.69 Å². The van der Waals surface area contributed by atoms with Crippen molar-refractivity contribution in [2.45, 2.75) is 18.9 Å². The van der Waals surface area contributed by atoms with Crippen LogP contribution in [0.25, 0.3) is 11.2 Å². The number of piperidine rings is 1. The minimum absolute atomic E-state index is 0.0579. The van der Waals surface area contributed by atoms with E-state index in [0.29, 0.717) is 5.65 Å². The standard InChI is InChI=1S/C11H13BrN4O/c12-7-5-9-10(14-6-7)15-11(17)16(9)8-1-3-13-4-2-8/h5-6,8,13H,1-4H2,(H,14,15,17). The summed E-state index contributed by atoms with van der Waals surface area (Å²) in [6, 6.07) is 2.22. The van der Waals surface area contributed by atoms with Crippen molar-refractivity contribution in [1.29, 1.82) is 0 Å². The van der Waals surface area contributed by atoms with Crippen molar-refractivity contribution in [3.8, 4) is 0 Å². The molecule has 3 heterocycles. The van der Waals surface area contributed by atoms with E-state index in [0.717, 1.165) is 35.9 Å². The third-order valence-electron chi connectivity index (χ3n) is 3.21. The molecule has 0 bridgehead atoms. The Labute approximate surface area is 106 Å². The van der Waals surface area contributed by atoms with Crippen LogP contribution in [0, 0.1) is 0 Å². The number of halogens is 1. The van der Waals surface area contributed by atoms with Crippen LogP contribution in [0.4, 0.5) is 0 Å². The maximum Gasteiger partial charge on any atom is 0.327 e. The fraction of sp³-hybridized carbons (Fsp3) is 0.455. The summed E-state index contributed by atoms with van der Waals surface area (Å²) >= 11 is 3.40. The summed E-state index contributed by atoms with van der Waals surface area (Å²) in [6.07, 6.45) is 3.67. The van der Waals surface area contributed by atoms with Crippen LogP contribution in [0.2, 0.25) is 0 Å². The number of rotatable bonds is 1. The third kappa shape index (κ3) is 1.91. The van der Waals surface area contributed by atoms with E-state index in [9.17, 15) is 4.79 Å². The minimum Gasteiger partial charge on any atom is -0.317 e. The number of nitrogens with one attached hydrogen (secondary N) is 2. The molecular formula is C11H13BrN4O. The number of nitrogens with zero attached hydrogens (tertiary/aromatic N) is 2. The lowest BCUT2D eigenvalue weighted by atomic mass is 10.1. The van der Waals surface area contributed by atoms with Crippen molar-refractivity contribution in [1.82, 2.24) is 19.9 Å². The highest BCUT2D eigenvalue weighted by Crippen LogP contribution is 2.22. The van der Waals surface area contributed by atoms with Crippen LogP contribution >= 0.6 is 15.9 Å². The first-order chi connectivity index (χ1) is 8.25. The molecule has 0 aliphatic carbocycles. The Morgan fingerprint density at radius 3 is 2.94 bits per heavy atom. The van der Waals surface area contributed by atoms with E-state index in [1.807, 2.05) is 10.6 Å². The number of aromatic nitrogens is 3. The van der Waals surface area contributed by atoms with Crippen LogP contribution in [0.15, 0.2) is 21.5 Å². The lowest BCUT2D eigenvalue weighted by Gasteiger charge is -2.23. The average Bonchev–Trinajstić information content (AvgIpc) is 2.65. The zero-order chi connectivity index (χ0) is 11.8. The lowest BCUT2D eigenvalue weighted by Crippen LogP contribution is -2.33. The maximum atomic E-state index is 12.0. The Bertz CT molecular complexity index is 597. The molecule has 5 nitrogen and oxygen atoms in total.